The third kappa shape index (κ3) is 4.79. The Balaban J connectivity index is 1.75. The molecule has 148 valence electrons. The Kier molecular flexibility index (Phi) is 6.34. The van der Waals surface area contributed by atoms with Crippen LogP contribution in [0.25, 0.3) is 0 Å². The van der Waals surface area contributed by atoms with Crippen molar-refractivity contribution in [2.45, 2.75) is 52.1 Å². The number of piperidine rings is 1. The number of likely N-dealkylation sites (tertiary alicyclic amines) is 1. The number of nitrogens with zero attached hydrogens (tertiary/aromatic N) is 3. The fourth-order valence-corrected chi connectivity index (χ4v) is 4.00. The zero-order valence-electron chi connectivity index (χ0n) is 16.4. The summed E-state index contributed by atoms with van der Waals surface area (Å²) in [5.41, 5.74) is 0.909. The largest absolute Gasteiger partial charge is 0.333 e. The molecule has 5 nitrogen and oxygen atoms in total. The molecule has 1 aromatic rings. The molecule has 0 radical (unpaired) electrons. The van der Waals surface area contributed by atoms with Gasteiger partial charge in [-0.2, -0.15) is 0 Å². The van der Waals surface area contributed by atoms with Crippen LogP contribution < -0.4 is 0 Å². The molecule has 1 atom stereocenters. The molecule has 0 aliphatic carbocycles. The lowest BCUT2D eigenvalue weighted by atomic mass is 10.0. The van der Waals surface area contributed by atoms with Crippen LogP contribution in [0.2, 0.25) is 0 Å². The standard InChI is InChI=1S/C21H30FN3O2/c1-16(2)19-15-24(21(27)23-11-4-3-5-12-23)13-10-20(26)25(19)14-17-6-8-18(22)9-7-17/h6-9,16,19H,3-5,10-15H2,1-2H3/t19-/m0/s1. The van der Waals surface area contributed by atoms with Gasteiger partial charge in [-0.05, 0) is 42.9 Å². The number of carbonyl (C=O) groups excluding carboxylic acids is 2. The van der Waals surface area contributed by atoms with Crippen molar-refractivity contribution in [2.24, 2.45) is 5.92 Å². The Labute approximate surface area is 161 Å². The number of hydrogen-bond acceptors (Lipinski definition) is 2. The number of urea groups is 1. The second kappa shape index (κ2) is 8.72. The Bertz CT molecular complexity index is 656. The predicted molar refractivity (Wildman–Crippen MR) is 103 cm³/mol. The highest BCUT2D eigenvalue weighted by molar-refractivity contribution is 5.80. The molecule has 2 aliphatic rings. The van der Waals surface area contributed by atoms with Gasteiger partial charge in [-0.25, -0.2) is 9.18 Å². The molecule has 0 bridgehead atoms. The average molecular weight is 375 g/mol. The summed E-state index contributed by atoms with van der Waals surface area (Å²) in [5.74, 6) is 0.00998. The van der Waals surface area contributed by atoms with Gasteiger partial charge in [0.1, 0.15) is 5.82 Å². The number of carbonyl (C=O) groups is 2. The minimum Gasteiger partial charge on any atom is -0.333 e. The maximum Gasteiger partial charge on any atom is 0.320 e. The van der Waals surface area contributed by atoms with Crippen LogP contribution in [-0.2, 0) is 11.3 Å². The van der Waals surface area contributed by atoms with Gasteiger partial charge in [0, 0.05) is 39.1 Å². The van der Waals surface area contributed by atoms with E-state index in [1.54, 1.807) is 12.1 Å². The first-order valence-corrected chi connectivity index (χ1v) is 10.0. The average Bonchev–Trinajstić information content (AvgIpc) is 2.83. The molecule has 2 aliphatic heterocycles. The summed E-state index contributed by atoms with van der Waals surface area (Å²) in [4.78, 5) is 31.5. The van der Waals surface area contributed by atoms with Gasteiger partial charge < -0.3 is 14.7 Å². The number of halogens is 1. The van der Waals surface area contributed by atoms with E-state index < -0.39 is 0 Å². The number of amides is 3. The fraction of sp³-hybridized carbons (Fsp3) is 0.619. The summed E-state index contributed by atoms with van der Waals surface area (Å²) < 4.78 is 13.2. The van der Waals surface area contributed by atoms with Crippen molar-refractivity contribution < 1.29 is 14.0 Å². The van der Waals surface area contributed by atoms with E-state index in [0.29, 0.717) is 26.1 Å². The molecule has 0 spiro atoms. The summed E-state index contributed by atoms with van der Waals surface area (Å²) in [6.07, 6.45) is 3.64. The van der Waals surface area contributed by atoms with Crippen molar-refractivity contribution >= 4 is 11.9 Å². The second-order valence-corrected chi connectivity index (χ2v) is 7.99. The van der Waals surface area contributed by atoms with Gasteiger partial charge >= 0.3 is 6.03 Å². The molecule has 27 heavy (non-hydrogen) atoms. The first-order chi connectivity index (χ1) is 13.0. The summed E-state index contributed by atoms with van der Waals surface area (Å²) in [6.45, 7) is 7.28. The van der Waals surface area contributed by atoms with Crippen molar-refractivity contribution in [1.29, 1.82) is 0 Å². The van der Waals surface area contributed by atoms with E-state index in [9.17, 15) is 14.0 Å². The van der Waals surface area contributed by atoms with Crippen molar-refractivity contribution in [3.05, 3.63) is 35.6 Å². The lowest BCUT2D eigenvalue weighted by Gasteiger charge is -2.37. The highest BCUT2D eigenvalue weighted by atomic mass is 19.1. The lowest BCUT2D eigenvalue weighted by Crippen LogP contribution is -2.50. The third-order valence-electron chi connectivity index (χ3n) is 5.66. The van der Waals surface area contributed by atoms with Gasteiger partial charge in [0.15, 0.2) is 0 Å². The smallest absolute Gasteiger partial charge is 0.320 e. The molecule has 2 fully saturated rings. The van der Waals surface area contributed by atoms with Gasteiger partial charge in [-0.3, -0.25) is 4.79 Å². The molecule has 0 aromatic heterocycles. The van der Waals surface area contributed by atoms with Crippen LogP contribution in [0, 0.1) is 11.7 Å². The maximum atomic E-state index is 13.2. The molecular weight excluding hydrogens is 345 g/mol. The predicted octanol–water partition coefficient (Wildman–Crippen LogP) is 3.49. The quantitative estimate of drug-likeness (QED) is 0.812. The summed E-state index contributed by atoms with van der Waals surface area (Å²) >= 11 is 0. The minimum atomic E-state index is -0.278. The van der Waals surface area contributed by atoms with Gasteiger partial charge in [0.05, 0.1) is 6.04 Å². The van der Waals surface area contributed by atoms with E-state index in [1.807, 2.05) is 14.7 Å². The number of benzene rings is 1. The van der Waals surface area contributed by atoms with E-state index in [0.717, 1.165) is 31.5 Å². The SMILES string of the molecule is CC(C)[C@@H]1CN(C(=O)N2CCCCC2)CCC(=O)N1Cc1ccc(F)cc1. The van der Waals surface area contributed by atoms with Crippen LogP contribution >= 0.6 is 0 Å². The van der Waals surface area contributed by atoms with E-state index in [1.165, 1.54) is 18.6 Å². The first-order valence-electron chi connectivity index (χ1n) is 10.0. The second-order valence-electron chi connectivity index (χ2n) is 7.99. The van der Waals surface area contributed by atoms with Crippen LogP contribution in [-0.4, -0.2) is 58.9 Å². The van der Waals surface area contributed by atoms with Crippen LogP contribution in [0.15, 0.2) is 24.3 Å². The zero-order valence-corrected chi connectivity index (χ0v) is 16.4. The molecule has 6 heteroatoms. The van der Waals surface area contributed by atoms with Gasteiger partial charge in [0.2, 0.25) is 5.91 Å². The summed E-state index contributed by atoms with van der Waals surface area (Å²) in [5, 5.41) is 0. The number of hydrogen-bond donors (Lipinski definition) is 0. The molecule has 0 N–H and O–H groups in total. The summed E-state index contributed by atoms with van der Waals surface area (Å²) in [7, 11) is 0. The van der Waals surface area contributed by atoms with E-state index in [2.05, 4.69) is 13.8 Å². The maximum absolute atomic E-state index is 13.2. The van der Waals surface area contributed by atoms with Crippen molar-refractivity contribution in [2.75, 3.05) is 26.2 Å². The van der Waals surface area contributed by atoms with Crippen molar-refractivity contribution in [1.82, 2.24) is 14.7 Å². The van der Waals surface area contributed by atoms with E-state index in [-0.39, 0.29) is 29.7 Å². The molecule has 0 saturated carbocycles. The molecule has 1 aromatic carbocycles. The molecule has 2 heterocycles. The topological polar surface area (TPSA) is 43.9 Å². The Morgan fingerprint density at radius 1 is 1.07 bits per heavy atom. The van der Waals surface area contributed by atoms with Gasteiger partial charge in [-0.1, -0.05) is 26.0 Å². The van der Waals surface area contributed by atoms with Crippen LogP contribution in [0.1, 0.15) is 45.1 Å². The van der Waals surface area contributed by atoms with Crippen molar-refractivity contribution in [3.8, 4) is 0 Å². The zero-order chi connectivity index (χ0) is 19.4. The van der Waals surface area contributed by atoms with Gasteiger partial charge in [0.25, 0.3) is 0 Å². The Morgan fingerprint density at radius 3 is 2.37 bits per heavy atom. The lowest BCUT2D eigenvalue weighted by molar-refractivity contribution is -0.134. The molecule has 3 rings (SSSR count). The van der Waals surface area contributed by atoms with E-state index >= 15 is 0 Å². The highest BCUT2D eigenvalue weighted by Gasteiger charge is 2.34. The van der Waals surface area contributed by atoms with Crippen molar-refractivity contribution in [3.63, 3.8) is 0 Å². The normalized spacial score (nSPS) is 21.6. The van der Waals surface area contributed by atoms with Crippen LogP contribution in [0.3, 0.4) is 0 Å². The fourth-order valence-electron chi connectivity index (χ4n) is 4.00. The monoisotopic (exact) mass is 375 g/mol. The molecule has 0 unspecified atom stereocenters. The van der Waals surface area contributed by atoms with Crippen LogP contribution in [0.5, 0.6) is 0 Å². The summed E-state index contributed by atoms with van der Waals surface area (Å²) in [6, 6.07) is 6.32. The first kappa shape index (κ1) is 19.6. The Morgan fingerprint density at radius 2 is 1.74 bits per heavy atom. The van der Waals surface area contributed by atoms with E-state index in [4.69, 9.17) is 0 Å². The minimum absolute atomic E-state index is 0.0428. The van der Waals surface area contributed by atoms with Crippen LogP contribution in [0.4, 0.5) is 9.18 Å². The highest BCUT2D eigenvalue weighted by Crippen LogP contribution is 2.22. The van der Waals surface area contributed by atoms with Gasteiger partial charge in [-0.15, -0.1) is 0 Å². The molecular formula is C21H30FN3O2. The Hall–Kier alpha value is -2.11. The third-order valence-corrected chi connectivity index (χ3v) is 5.66. The number of rotatable bonds is 3. The molecule has 2 saturated heterocycles. The molecule has 3 amide bonds.